The largest absolute Gasteiger partial charge is 0.485 e. The van der Waals surface area contributed by atoms with Crippen LogP contribution < -0.4 is 4.74 Å². The molecule has 1 aromatic heterocycles. The molecule has 110 valence electrons. The van der Waals surface area contributed by atoms with Crippen LogP contribution in [-0.4, -0.2) is 11.1 Å². The number of hydrogen-bond donors (Lipinski definition) is 1. The molecule has 1 aromatic carbocycles. The molecular weight excluding hydrogens is 355 g/mol. The van der Waals surface area contributed by atoms with E-state index in [1.807, 2.05) is 11.4 Å². The van der Waals surface area contributed by atoms with Gasteiger partial charge in [-0.25, -0.2) is 4.79 Å². The molecule has 2 aromatic rings. The van der Waals surface area contributed by atoms with E-state index in [1.54, 1.807) is 12.1 Å². The molecule has 0 aliphatic carbocycles. The van der Waals surface area contributed by atoms with Crippen molar-refractivity contribution in [2.45, 2.75) is 6.61 Å². The molecular formula is C14H9Cl3O3S. The average Bonchev–Trinajstić information content (AvgIpc) is 2.83. The number of ether oxygens (including phenoxy) is 1. The van der Waals surface area contributed by atoms with E-state index in [2.05, 4.69) is 0 Å². The van der Waals surface area contributed by atoms with Crippen LogP contribution in [0.15, 0.2) is 29.7 Å². The lowest BCUT2D eigenvalue weighted by Crippen LogP contribution is -1.94. The second-order valence-electron chi connectivity index (χ2n) is 4.01. The molecule has 0 atom stereocenters. The predicted octanol–water partition coefficient (Wildman–Crippen LogP) is 5.39. The van der Waals surface area contributed by atoms with Crippen molar-refractivity contribution in [3.8, 4) is 5.75 Å². The smallest absolute Gasteiger partial charge is 0.328 e. The Hall–Kier alpha value is -1.20. The summed E-state index contributed by atoms with van der Waals surface area (Å²) in [6, 6.07) is 4.95. The second kappa shape index (κ2) is 7.18. The first-order valence-corrected chi connectivity index (χ1v) is 7.73. The zero-order valence-electron chi connectivity index (χ0n) is 10.5. The summed E-state index contributed by atoms with van der Waals surface area (Å²) >= 11 is 19.3. The van der Waals surface area contributed by atoms with Gasteiger partial charge in [-0.15, -0.1) is 11.3 Å². The molecule has 0 saturated carbocycles. The van der Waals surface area contributed by atoms with Gasteiger partial charge >= 0.3 is 5.97 Å². The van der Waals surface area contributed by atoms with Gasteiger partial charge in [0, 0.05) is 16.0 Å². The van der Waals surface area contributed by atoms with Crippen LogP contribution in [0.5, 0.6) is 5.75 Å². The number of aliphatic carboxylic acids is 1. The third-order valence-electron chi connectivity index (χ3n) is 2.41. The standard InChI is InChI=1S/C14H9Cl3O3S/c15-9-4-11(16)14(12(17)5-9)20-6-10-3-8(7-21-10)1-2-13(18)19/h1-5,7H,6H2,(H,18,19). The highest BCUT2D eigenvalue weighted by molar-refractivity contribution is 7.10. The second-order valence-corrected chi connectivity index (χ2v) is 6.25. The molecule has 3 nitrogen and oxygen atoms in total. The fraction of sp³-hybridized carbons (Fsp3) is 0.0714. The van der Waals surface area contributed by atoms with Gasteiger partial charge in [0.15, 0.2) is 5.75 Å². The molecule has 21 heavy (non-hydrogen) atoms. The van der Waals surface area contributed by atoms with Crippen molar-refractivity contribution in [3.05, 3.63) is 55.2 Å². The number of carbonyl (C=O) groups is 1. The molecule has 0 aliphatic heterocycles. The van der Waals surface area contributed by atoms with Gasteiger partial charge in [-0.05, 0) is 35.2 Å². The average molecular weight is 364 g/mol. The van der Waals surface area contributed by atoms with Crippen LogP contribution in [0.1, 0.15) is 10.4 Å². The Morgan fingerprint density at radius 2 is 1.90 bits per heavy atom. The van der Waals surface area contributed by atoms with Crippen LogP contribution >= 0.6 is 46.1 Å². The summed E-state index contributed by atoms with van der Waals surface area (Å²) < 4.78 is 5.60. The summed E-state index contributed by atoms with van der Waals surface area (Å²) in [5.41, 5.74) is 0.800. The van der Waals surface area contributed by atoms with Crippen molar-refractivity contribution < 1.29 is 14.6 Å². The van der Waals surface area contributed by atoms with Crippen LogP contribution in [0.3, 0.4) is 0 Å². The molecule has 1 N–H and O–H groups in total. The van der Waals surface area contributed by atoms with Gasteiger partial charge in [0.05, 0.1) is 10.0 Å². The first-order chi connectivity index (χ1) is 9.95. The monoisotopic (exact) mass is 362 g/mol. The summed E-state index contributed by atoms with van der Waals surface area (Å²) in [4.78, 5) is 11.4. The van der Waals surface area contributed by atoms with E-state index in [1.165, 1.54) is 17.4 Å². The maximum absolute atomic E-state index is 10.4. The highest BCUT2D eigenvalue weighted by Crippen LogP contribution is 2.36. The van der Waals surface area contributed by atoms with Crippen LogP contribution in [0.25, 0.3) is 6.08 Å². The van der Waals surface area contributed by atoms with Gasteiger partial charge in [0.1, 0.15) is 6.61 Å². The molecule has 0 bridgehead atoms. The molecule has 0 aliphatic rings. The van der Waals surface area contributed by atoms with Crippen LogP contribution in [0, 0.1) is 0 Å². The Kier molecular flexibility index (Phi) is 5.53. The van der Waals surface area contributed by atoms with Gasteiger partial charge in [-0.1, -0.05) is 34.8 Å². The number of carboxylic acids is 1. The van der Waals surface area contributed by atoms with Crippen LogP contribution in [0.2, 0.25) is 15.1 Å². The van der Waals surface area contributed by atoms with Crippen LogP contribution in [0.4, 0.5) is 0 Å². The third-order valence-corrected chi connectivity index (χ3v) is 4.12. The highest BCUT2D eigenvalue weighted by atomic mass is 35.5. The first-order valence-electron chi connectivity index (χ1n) is 5.71. The maximum Gasteiger partial charge on any atom is 0.328 e. The Labute approximate surface area is 140 Å². The maximum atomic E-state index is 10.4. The minimum Gasteiger partial charge on any atom is -0.485 e. The number of thiophene rings is 1. The quantitative estimate of drug-likeness (QED) is 0.725. The van der Waals surface area contributed by atoms with Crippen molar-refractivity contribution in [1.82, 2.24) is 0 Å². The number of benzene rings is 1. The lowest BCUT2D eigenvalue weighted by molar-refractivity contribution is -0.131. The lowest BCUT2D eigenvalue weighted by Gasteiger charge is -2.09. The molecule has 0 saturated heterocycles. The van der Waals surface area contributed by atoms with Gasteiger partial charge in [-0.3, -0.25) is 0 Å². The molecule has 7 heteroatoms. The Morgan fingerprint density at radius 3 is 2.52 bits per heavy atom. The van der Waals surface area contributed by atoms with E-state index in [4.69, 9.17) is 44.6 Å². The molecule has 1 heterocycles. The van der Waals surface area contributed by atoms with Crippen LogP contribution in [-0.2, 0) is 11.4 Å². The van der Waals surface area contributed by atoms with Gasteiger partial charge in [0.2, 0.25) is 0 Å². The number of halogens is 3. The number of rotatable bonds is 5. The van der Waals surface area contributed by atoms with Crippen molar-refractivity contribution >= 4 is 58.2 Å². The van der Waals surface area contributed by atoms with E-state index in [0.29, 0.717) is 20.8 Å². The Bertz CT molecular complexity index is 672. The Balaban J connectivity index is 2.05. The summed E-state index contributed by atoms with van der Waals surface area (Å²) in [5.74, 6) is -0.613. The SMILES string of the molecule is O=C(O)C=Cc1csc(COc2c(Cl)cc(Cl)cc2Cl)c1. The summed E-state index contributed by atoms with van der Waals surface area (Å²) in [5, 5.41) is 11.5. The van der Waals surface area contributed by atoms with Gasteiger partial charge < -0.3 is 9.84 Å². The minimum atomic E-state index is -0.987. The normalized spacial score (nSPS) is 11.0. The molecule has 0 radical (unpaired) electrons. The third kappa shape index (κ3) is 4.64. The van der Waals surface area contributed by atoms with E-state index >= 15 is 0 Å². The van der Waals surface area contributed by atoms with E-state index in [9.17, 15) is 4.79 Å². The highest BCUT2D eigenvalue weighted by Gasteiger charge is 2.10. The molecule has 0 amide bonds. The van der Waals surface area contributed by atoms with E-state index in [-0.39, 0.29) is 6.61 Å². The van der Waals surface area contributed by atoms with E-state index in [0.717, 1.165) is 16.5 Å². The Morgan fingerprint density at radius 1 is 1.24 bits per heavy atom. The summed E-state index contributed by atoms with van der Waals surface area (Å²) in [6.07, 6.45) is 2.60. The van der Waals surface area contributed by atoms with Crippen molar-refractivity contribution in [2.24, 2.45) is 0 Å². The van der Waals surface area contributed by atoms with Gasteiger partial charge in [-0.2, -0.15) is 0 Å². The zero-order chi connectivity index (χ0) is 15.4. The molecule has 2 rings (SSSR count). The van der Waals surface area contributed by atoms with Crippen molar-refractivity contribution in [3.63, 3.8) is 0 Å². The summed E-state index contributed by atoms with van der Waals surface area (Å²) in [7, 11) is 0. The first kappa shape index (κ1) is 16.2. The molecule has 0 spiro atoms. The summed E-state index contributed by atoms with van der Waals surface area (Å²) in [6.45, 7) is 0.284. The minimum absolute atomic E-state index is 0.284. The fourth-order valence-electron chi connectivity index (χ4n) is 1.54. The number of hydrogen-bond acceptors (Lipinski definition) is 3. The molecule has 0 unspecified atom stereocenters. The van der Waals surface area contributed by atoms with E-state index < -0.39 is 5.97 Å². The lowest BCUT2D eigenvalue weighted by atomic mass is 10.3. The predicted molar refractivity (Wildman–Crippen MR) is 86.8 cm³/mol. The fourth-order valence-corrected chi connectivity index (χ4v) is 3.23. The van der Waals surface area contributed by atoms with Crippen molar-refractivity contribution in [2.75, 3.05) is 0 Å². The van der Waals surface area contributed by atoms with Crippen molar-refractivity contribution in [1.29, 1.82) is 0 Å². The number of carboxylic acid groups (broad SMARTS) is 1. The molecule has 0 fully saturated rings. The zero-order valence-corrected chi connectivity index (χ0v) is 13.6. The van der Waals surface area contributed by atoms with Gasteiger partial charge in [0.25, 0.3) is 0 Å². The topological polar surface area (TPSA) is 46.5 Å².